The third kappa shape index (κ3) is 4.23. The van der Waals surface area contributed by atoms with Gasteiger partial charge in [-0.1, -0.05) is 32.8 Å². The SMILES string of the molecule is CCCC(NC(=O)NC(C)(CO)CCC)c1nnc2ccccn12. The number of rotatable bonds is 8. The van der Waals surface area contributed by atoms with Gasteiger partial charge in [-0.15, -0.1) is 10.2 Å². The van der Waals surface area contributed by atoms with Gasteiger partial charge in [-0.2, -0.15) is 0 Å². The molecule has 132 valence electrons. The molecule has 0 radical (unpaired) electrons. The summed E-state index contributed by atoms with van der Waals surface area (Å²) in [5.74, 6) is 0.712. The molecular weight excluding hydrogens is 306 g/mol. The Morgan fingerprint density at radius 1 is 1.33 bits per heavy atom. The molecule has 2 rings (SSSR count). The van der Waals surface area contributed by atoms with Crippen LogP contribution in [-0.2, 0) is 0 Å². The minimum Gasteiger partial charge on any atom is -0.394 e. The van der Waals surface area contributed by atoms with Gasteiger partial charge in [0.05, 0.1) is 18.2 Å². The van der Waals surface area contributed by atoms with Crippen LogP contribution in [0.15, 0.2) is 24.4 Å². The van der Waals surface area contributed by atoms with Gasteiger partial charge >= 0.3 is 6.03 Å². The maximum absolute atomic E-state index is 12.4. The smallest absolute Gasteiger partial charge is 0.315 e. The van der Waals surface area contributed by atoms with Crippen LogP contribution < -0.4 is 10.6 Å². The van der Waals surface area contributed by atoms with Crippen LogP contribution in [0, 0.1) is 0 Å². The number of hydrogen-bond acceptors (Lipinski definition) is 4. The van der Waals surface area contributed by atoms with Gasteiger partial charge in [0, 0.05) is 6.20 Å². The number of aromatic nitrogens is 3. The number of hydrogen-bond donors (Lipinski definition) is 3. The third-order valence-electron chi connectivity index (χ3n) is 4.10. The molecule has 0 bridgehead atoms. The molecule has 3 N–H and O–H groups in total. The molecule has 0 aromatic carbocycles. The molecule has 0 aliphatic rings. The van der Waals surface area contributed by atoms with Crippen molar-refractivity contribution >= 4 is 11.7 Å². The van der Waals surface area contributed by atoms with E-state index in [2.05, 4.69) is 27.8 Å². The predicted octanol–water partition coefficient (Wildman–Crippen LogP) is 2.42. The number of nitrogens with one attached hydrogen (secondary N) is 2. The van der Waals surface area contributed by atoms with Crippen LogP contribution in [-0.4, -0.2) is 37.9 Å². The van der Waals surface area contributed by atoms with Gasteiger partial charge in [0.2, 0.25) is 0 Å². The summed E-state index contributed by atoms with van der Waals surface area (Å²) in [5, 5.41) is 23.8. The van der Waals surface area contributed by atoms with Crippen molar-refractivity contribution in [1.82, 2.24) is 25.2 Å². The Bertz CT molecular complexity index is 672. The first-order valence-corrected chi connectivity index (χ1v) is 8.52. The van der Waals surface area contributed by atoms with Crippen molar-refractivity contribution < 1.29 is 9.90 Å². The number of carbonyl (C=O) groups excluding carboxylic acids is 1. The average Bonchev–Trinajstić information content (AvgIpc) is 2.98. The van der Waals surface area contributed by atoms with E-state index in [0.29, 0.717) is 12.2 Å². The van der Waals surface area contributed by atoms with E-state index in [9.17, 15) is 9.90 Å². The Morgan fingerprint density at radius 3 is 2.79 bits per heavy atom. The van der Waals surface area contributed by atoms with Crippen LogP contribution in [0.3, 0.4) is 0 Å². The van der Waals surface area contributed by atoms with Gasteiger partial charge in [-0.05, 0) is 31.9 Å². The molecule has 2 unspecified atom stereocenters. The van der Waals surface area contributed by atoms with Crippen molar-refractivity contribution in [2.24, 2.45) is 0 Å². The van der Waals surface area contributed by atoms with E-state index in [1.165, 1.54) is 0 Å². The first kappa shape index (κ1) is 18.2. The highest BCUT2D eigenvalue weighted by Gasteiger charge is 2.26. The van der Waals surface area contributed by atoms with Crippen molar-refractivity contribution in [3.05, 3.63) is 30.2 Å². The molecule has 7 nitrogen and oxygen atoms in total. The lowest BCUT2D eigenvalue weighted by Gasteiger charge is -2.29. The third-order valence-corrected chi connectivity index (χ3v) is 4.10. The predicted molar refractivity (Wildman–Crippen MR) is 92.7 cm³/mol. The van der Waals surface area contributed by atoms with E-state index in [1.807, 2.05) is 42.6 Å². The van der Waals surface area contributed by atoms with Crippen molar-refractivity contribution in [1.29, 1.82) is 0 Å². The molecule has 0 aliphatic heterocycles. The minimum absolute atomic E-state index is 0.0967. The van der Waals surface area contributed by atoms with E-state index in [-0.39, 0.29) is 18.7 Å². The van der Waals surface area contributed by atoms with E-state index >= 15 is 0 Å². The number of carbonyl (C=O) groups is 1. The minimum atomic E-state index is -0.623. The van der Waals surface area contributed by atoms with Crippen LogP contribution in [0.5, 0.6) is 0 Å². The maximum Gasteiger partial charge on any atom is 0.315 e. The lowest BCUT2D eigenvalue weighted by atomic mass is 9.97. The van der Waals surface area contributed by atoms with Crippen LogP contribution in [0.4, 0.5) is 4.79 Å². The molecule has 2 atom stereocenters. The number of fused-ring (bicyclic) bond motifs is 1. The molecule has 0 aliphatic carbocycles. The topological polar surface area (TPSA) is 91.5 Å². The van der Waals surface area contributed by atoms with E-state index in [1.54, 1.807) is 0 Å². The molecule has 2 aromatic heterocycles. The quantitative estimate of drug-likeness (QED) is 0.692. The van der Waals surface area contributed by atoms with Crippen molar-refractivity contribution in [2.45, 2.75) is 58.0 Å². The molecule has 0 saturated heterocycles. The van der Waals surface area contributed by atoms with Gasteiger partial charge in [-0.25, -0.2) is 4.79 Å². The summed E-state index contributed by atoms with van der Waals surface area (Å²) in [6.07, 6.45) is 5.14. The van der Waals surface area contributed by atoms with Crippen LogP contribution in [0.2, 0.25) is 0 Å². The Balaban J connectivity index is 2.15. The highest BCUT2D eigenvalue weighted by atomic mass is 16.3. The Labute approximate surface area is 142 Å². The summed E-state index contributed by atoms with van der Waals surface area (Å²) in [7, 11) is 0. The Hall–Kier alpha value is -2.15. The summed E-state index contributed by atoms with van der Waals surface area (Å²) >= 11 is 0. The van der Waals surface area contributed by atoms with E-state index in [0.717, 1.165) is 24.9 Å². The molecule has 2 heterocycles. The summed E-state index contributed by atoms with van der Waals surface area (Å²) in [4.78, 5) is 12.4. The summed E-state index contributed by atoms with van der Waals surface area (Å²) in [6, 6.07) is 5.15. The zero-order chi connectivity index (χ0) is 17.6. The molecule has 2 amide bonds. The number of amides is 2. The largest absolute Gasteiger partial charge is 0.394 e. The molecule has 0 fully saturated rings. The van der Waals surface area contributed by atoms with E-state index < -0.39 is 5.54 Å². The Morgan fingerprint density at radius 2 is 2.12 bits per heavy atom. The average molecular weight is 333 g/mol. The normalized spacial score (nSPS) is 15.0. The second-order valence-electron chi connectivity index (χ2n) is 6.40. The van der Waals surface area contributed by atoms with Crippen molar-refractivity contribution in [3.63, 3.8) is 0 Å². The second-order valence-corrected chi connectivity index (χ2v) is 6.40. The summed E-state index contributed by atoms with van der Waals surface area (Å²) in [6.45, 7) is 5.83. The number of nitrogens with zero attached hydrogens (tertiary/aromatic N) is 3. The van der Waals surface area contributed by atoms with Gasteiger partial charge in [-0.3, -0.25) is 4.40 Å². The highest BCUT2D eigenvalue weighted by Crippen LogP contribution is 2.18. The highest BCUT2D eigenvalue weighted by molar-refractivity contribution is 5.75. The lowest BCUT2D eigenvalue weighted by Crippen LogP contribution is -2.53. The number of aliphatic hydroxyl groups excluding tert-OH is 1. The first-order valence-electron chi connectivity index (χ1n) is 8.52. The second kappa shape index (κ2) is 8.10. The number of aliphatic hydroxyl groups is 1. The maximum atomic E-state index is 12.4. The van der Waals surface area contributed by atoms with Crippen LogP contribution in [0.1, 0.15) is 58.3 Å². The first-order chi connectivity index (χ1) is 11.5. The number of urea groups is 1. The molecular formula is C17H27N5O2. The fourth-order valence-electron chi connectivity index (χ4n) is 2.85. The van der Waals surface area contributed by atoms with E-state index in [4.69, 9.17) is 0 Å². The molecule has 0 spiro atoms. The fourth-order valence-corrected chi connectivity index (χ4v) is 2.85. The number of pyridine rings is 1. The molecule has 7 heteroatoms. The molecule has 2 aromatic rings. The van der Waals surface area contributed by atoms with Gasteiger partial charge in [0.25, 0.3) is 0 Å². The van der Waals surface area contributed by atoms with Crippen LogP contribution >= 0.6 is 0 Å². The lowest BCUT2D eigenvalue weighted by molar-refractivity contribution is 0.161. The zero-order valence-electron chi connectivity index (χ0n) is 14.6. The van der Waals surface area contributed by atoms with Crippen LogP contribution in [0.25, 0.3) is 5.65 Å². The summed E-state index contributed by atoms with van der Waals surface area (Å²) in [5.41, 5.74) is 0.129. The van der Waals surface area contributed by atoms with Gasteiger partial charge < -0.3 is 15.7 Å². The van der Waals surface area contributed by atoms with Crippen molar-refractivity contribution in [3.8, 4) is 0 Å². The zero-order valence-corrected chi connectivity index (χ0v) is 14.6. The standard InChI is InChI=1S/C17H27N5O2/c1-4-8-13(15-21-20-14-9-6-7-11-22(14)15)18-16(24)19-17(3,12-23)10-5-2/h6-7,9,11,13,23H,4-5,8,10,12H2,1-3H3,(H2,18,19,24). The van der Waals surface area contributed by atoms with Crippen molar-refractivity contribution in [2.75, 3.05) is 6.61 Å². The summed E-state index contributed by atoms with van der Waals surface area (Å²) < 4.78 is 1.89. The Kier molecular flexibility index (Phi) is 6.14. The van der Waals surface area contributed by atoms with Gasteiger partial charge in [0.1, 0.15) is 0 Å². The fraction of sp³-hybridized carbons (Fsp3) is 0.588. The van der Waals surface area contributed by atoms with Gasteiger partial charge in [0.15, 0.2) is 11.5 Å². The molecule has 24 heavy (non-hydrogen) atoms. The molecule has 0 saturated carbocycles. The monoisotopic (exact) mass is 333 g/mol.